The van der Waals surface area contributed by atoms with Gasteiger partial charge in [0.05, 0.1) is 6.04 Å². The number of nitrogens with zero attached hydrogens (tertiary/aromatic N) is 1. The minimum Gasteiger partial charge on any atom is -0.341 e. The molecule has 1 amide bonds. The number of amides is 1. The van der Waals surface area contributed by atoms with Gasteiger partial charge < -0.3 is 10.2 Å². The van der Waals surface area contributed by atoms with Crippen molar-refractivity contribution in [2.45, 2.75) is 43.9 Å². The van der Waals surface area contributed by atoms with Gasteiger partial charge in [-0.2, -0.15) is 0 Å². The van der Waals surface area contributed by atoms with Crippen molar-refractivity contribution in [2.75, 3.05) is 13.6 Å². The highest BCUT2D eigenvalue weighted by molar-refractivity contribution is 5.82. The van der Waals surface area contributed by atoms with Crippen LogP contribution >= 0.6 is 0 Å². The number of rotatable bonds is 2. The lowest BCUT2D eigenvalue weighted by Crippen LogP contribution is -2.48. The standard InChI is InChI=1S/C10H17FN2O/c1-13(8-3-2-4-8)10(14)9-5-7(11)6-12-9/h7-9,12H,2-6H2,1H3/t7-,9+/m1/s1. The maximum absolute atomic E-state index is 12.9. The number of hydrogen-bond donors (Lipinski definition) is 1. The third-order valence-electron chi connectivity index (χ3n) is 3.35. The van der Waals surface area contributed by atoms with Crippen LogP contribution in [-0.4, -0.2) is 42.7 Å². The van der Waals surface area contributed by atoms with E-state index >= 15 is 0 Å². The quantitative estimate of drug-likeness (QED) is 0.711. The molecule has 2 fully saturated rings. The second-order valence-corrected chi connectivity index (χ2v) is 4.33. The lowest BCUT2D eigenvalue weighted by Gasteiger charge is -2.36. The van der Waals surface area contributed by atoms with Gasteiger partial charge >= 0.3 is 0 Å². The Hall–Kier alpha value is -0.640. The summed E-state index contributed by atoms with van der Waals surface area (Å²) in [5.41, 5.74) is 0. The summed E-state index contributed by atoms with van der Waals surface area (Å²) in [6.45, 7) is 0.328. The van der Waals surface area contributed by atoms with Crippen LogP contribution in [-0.2, 0) is 4.79 Å². The first-order valence-corrected chi connectivity index (χ1v) is 5.32. The maximum Gasteiger partial charge on any atom is 0.239 e. The summed E-state index contributed by atoms with van der Waals surface area (Å²) in [5.74, 6) is 0.0647. The Kier molecular flexibility index (Phi) is 2.72. The van der Waals surface area contributed by atoms with Crippen LogP contribution in [0, 0.1) is 0 Å². The van der Waals surface area contributed by atoms with E-state index < -0.39 is 6.17 Å². The SMILES string of the molecule is CN(C(=O)[C@@H]1C[C@@H](F)CN1)C1CCC1. The molecule has 1 heterocycles. The van der Waals surface area contributed by atoms with Crippen LogP contribution in [0.25, 0.3) is 0 Å². The van der Waals surface area contributed by atoms with Gasteiger partial charge in [-0.3, -0.25) is 4.79 Å². The number of hydrogen-bond acceptors (Lipinski definition) is 2. The number of alkyl halides is 1. The molecule has 1 saturated carbocycles. The molecule has 0 bridgehead atoms. The van der Waals surface area contributed by atoms with Crippen LogP contribution < -0.4 is 5.32 Å². The first kappa shape index (κ1) is 9.90. The van der Waals surface area contributed by atoms with Crippen molar-refractivity contribution in [3.63, 3.8) is 0 Å². The number of carbonyl (C=O) groups excluding carboxylic acids is 1. The lowest BCUT2D eigenvalue weighted by molar-refractivity contribution is -0.135. The molecule has 0 radical (unpaired) electrons. The molecule has 2 aliphatic rings. The van der Waals surface area contributed by atoms with Crippen molar-refractivity contribution in [1.82, 2.24) is 10.2 Å². The molecule has 0 unspecified atom stereocenters. The van der Waals surface area contributed by atoms with Crippen molar-refractivity contribution in [3.8, 4) is 0 Å². The molecule has 2 rings (SSSR count). The third-order valence-corrected chi connectivity index (χ3v) is 3.35. The fourth-order valence-corrected chi connectivity index (χ4v) is 2.08. The Morgan fingerprint density at radius 3 is 2.64 bits per heavy atom. The van der Waals surface area contributed by atoms with E-state index in [4.69, 9.17) is 0 Å². The Bertz CT molecular complexity index is 226. The van der Waals surface area contributed by atoms with Crippen LogP contribution in [0.15, 0.2) is 0 Å². The average Bonchev–Trinajstić information content (AvgIpc) is 2.47. The van der Waals surface area contributed by atoms with E-state index in [2.05, 4.69) is 5.32 Å². The zero-order valence-electron chi connectivity index (χ0n) is 8.50. The molecular weight excluding hydrogens is 183 g/mol. The fraction of sp³-hybridized carbons (Fsp3) is 0.900. The van der Waals surface area contributed by atoms with Gasteiger partial charge in [-0.15, -0.1) is 0 Å². The highest BCUT2D eigenvalue weighted by atomic mass is 19.1. The summed E-state index contributed by atoms with van der Waals surface area (Å²) in [6, 6.07) is 0.124. The van der Waals surface area contributed by atoms with Gasteiger partial charge in [-0.1, -0.05) is 0 Å². The van der Waals surface area contributed by atoms with E-state index in [1.54, 1.807) is 4.90 Å². The molecule has 1 aliphatic carbocycles. The van der Waals surface area contributed by atoms with Crippen molar-refractivity contribution in [2.24, 2.45) is 0 Å². The molecule has 1 saturated heterocycles. The summed E-state index contributed by atoms with van der Waals surface area (Å²) in [5, 5.41) is 2.92. The molecule has 3 nitrogen and oxygen atoms in total. The molecule has 4 heteroatoms. The molecule has 0 aromatic heterocycles. The van der Waals surface area contributed by atoms with Crippen LogP contribution in [0.4, 0.5) is 4.39 Å². The van der Waals surface area contributed by atoms with Crippen LogP contribution in [0.3, 0.4) is 0 Å². The second kappa shape index (κ2) is 3.85. The largest absolute Gasteiger partial charge is 0.341 e. The zero-order valence-corrected chi connectivity index (χ0v) is 8.50. The number of nitrogens with one attached hydrogen (secondary N) is 1. The van der Waals surface area contributed by atoms with Gasteiger partial charge in [-0.05, 0) is 19.3 Å². The maximum atomic E-state index is 12.9. The Labute approximate surface area is 83.6 Å². The van der Waals surface area contributed by atoms with E-state index in [-0.39, 0.29) is 11.9 Å². The van der Waals surface area contributed by atoms with Gasteiger partial charge in [-0.25, -0.2) is 4.39 Å². The fourth-order valence-electron chi connectivity index (χ4n) is 2.08. The van der Waals surface area contributed by atoms with Crippen molar-refractivity contribution < 1.29 is 9.18 Å². The topological polar surface area (TPSA) is 32.3 Å². The number of halogens is 1. The molecular formula is C10H17FN2O. The van der Waals surface area contributed by atoms with Gasteiger partial charge in [0.15, 0.2) is 0 Å². The lowest BCUT2D eigenvalue weighted by atomic mass is 9.91. The van der Waals surface area contributed by atoms with E-state index in [0.29, 0.717) is 19.0 Å². The monoisotopic (exact) mass is 200 g/mol. The summed E-state index contributed by atoms with van der Waals surface area (Å²) < 4.78 is 12.9. The Morgan fingerprint density at radius 1 is 1.50 bits per heavy atom. The van der Waals surface area contributed by atoms with Crippen LogP contribution in [0.2, 0.25) is 0 Å². The molecule has 2 atom stereocenters. The molecule has 14 heavy (non-hydrogen) atoms. The predicted molar refractivity (Wildman–Crippen MR) is 51.7 cm³/mol. The highest BCUT2D eigenvalue weighted by Crippen LogP contribution is 2.25. The third kappa shape index (κ3) is 1.75. The first-order chi connectivity index (χ1) is 6.68. The van der Waals surface area contributed by atoms with Gasteiger partial charge in [0.25, 0.3) is 0 Å². The highest BCUT2D eigenvalue weighted by Gasteiger charge is 2.34. The molecule has 0 aromatic rings. The first-order valence-electron chi connectivity index (χ1n) is 5.32. The van der Waals surface area contributed by atoms with E-state index in [0.717, 1.165) is 12.8 Å². The van der Waals surface area contributed by atoms with Crippen LogP contribution in [0.5, 0.6) is 0 Å². The van der Waals surface area contributed by atoms with E-state index in [1.165, 1.54) is 6.42 Å². The van der Waals surface area contributed by atoms with Gasteiger partial charge in [0, 0.05) is 26.1 Å². The van der Waals surface area contributed by atoms with Gasteiger partial charge in [0.1, 0.15) is 6.17 Å². The smallest absolute Gasteiger partial charge is 0.239 e. The number of carbonyl (C=O) groups is 1. The summed E-state index contributed by atoms with van der Waals surface area (Å²) >= 11 is 0. The van der Waals surface area contributed by atoms with Crippen LogP contribution in [0.1, 0.15) is 25.7 Å². The minimum absolute atomic E-state index is 0.0647. The normalized spacial score (nSPS) is 32.7. The average molecular weight is 200 g/mol. The summed E-state index contributed by atoms with van der Waals surface area (Å²) in [7, 11) is 1.83. The molecule has 80 valence electrons. The van der Waals surface area contributed by atoms with Crippen molar-refractivity contribution in [3.05, 3.63) is 0 Å². The second-order valence-electron chi connectivity index (χ2n) is 4.33. The van der Waals surface area contributed by atoms with Gasteiger partial charge in [0.2, 0.25) is 5.91 Å². The minimum atomic E-state index is -0.848. The molecule has 0 spiro atoms. The molecule has 1 aliphatic heterocycles. The molecule has 1 N–H and O–H groups in total. The van der Waals surface area contributed by atoms with E-state index in [1.807, 2.05) is 7.05 Å². The summed E-state index contributed by atoms with van der Waals surface area (Å²) in [4.78, 5) is 13.6. The summed E-state index contributed by atoms with van der Waals surface area (Å²) in [6.07, 6.45) is 2.92. The Balaban J connectivity index is 1.87. The molecule has 0 aromatic carbocycles. The zero-order chi connectivity index (χ0) is 10.1. The predicted octanol–water partition coefficient (Wildman–Crippen LogP) is 0.697. The Morgan fingerprint density at radius 2 is 2.21 bits per heavy atom. The number of likely N-dealkylation sites (N-methyl/N-ethyl adjacent to an activating group) is 1. The van der Waals surface area contributed by atoms with E-state index in [9.17, 15) is 9.18 Å². The van der Waals surface area contributed by atoms with Crippen molar-refractivity contribution in [1.29, 1.82) is 0 Å². The van der Waals surface area contributed by atoms with Crippen molar-refractivity contribution >= 4 is 5.91 Å².